The molecule has 0 bridgehead atoms. The first-order valence-electron chi connectivity index (χ1n) is 9.57. The molecule has 1 amide bonds. The normalized spacial score (nSPS) is 25.5. The summed E-state index contributed by atoms with van der Waals surface area (Å²) < 4.78 is 13.6. The first-order valence-corrected chi connectivity index (χ1v) is 9.57. The van der Waals surface area contributed by atoms with Gasteiger partial charge in [-0.05, 0) is 44.1 Å². The van der Waals surface area contributed by atoms with E-state index in [2.05, 4.69) is 25.1 Å². The molecule has 0 unspecified atom stereocenters. The lowest BCUT2D eigenvalue weighted by atomic mass is 10.0. The van der Waals surface area contributed by atoms with Gasteiger partial charge in [-0.15, -0.1) is 0 Å². The molecule has 1 aromatic rings. The number of aromatic nitrogens is 2. The van der Waals surface area contributed by atoms with Crippen molar-refractivity contribution in [3.05, 3.63) is 18.0 Å². The second-order valence-corrected chi connectivity index (χ2v) is 7.71. The maximum absolute atomic E-state index is 13.1. The molecular weight excluding hydrogens is 318 g/mol. The number of amides is 1. The van der Waals surface area contributed by atoms with Crippen molar-refractivity contribution in [3.63, 3.8) is 0 Å². The van der Waals surface area contributed by atoms with Crippen molar-refractivity contribution in [2.24, 2.45) is 5.92 Å². The van der Waals surface area contributed by atoms with Crippen LogP contribution in [0, 0.1) is 12.8 Å². The average Bonchev–Trinajstić information content (AvgIpc) is 3.26. The zero-order chi connectivity index (χ0) is 17.8. The number of hydrogen-bond donors (Lipinski definition) is 0. The van der Waals surface area contributed by atoms with Crippen molar-refractivity contribution in [2.45, 2.75) is 64.7 Å². The van der Waals surface area contributed by atoms with Crippen molar-refractivity contribution >= 4 is 5.91 Å². The van der Waals surface area contributed by atoms with E-state index in [1.807, 2.05) is 22.7 Å². The Labute approximate surface area is 150 Å². The summed E-state index contributed by atoms with van der Waals surface area (Å²) in [6, 6.07) is 0.261. The number of likely N-dealkylation sites (tertiary alicyclic amines) is 1. The molecular formula is C19H31N3O3. The fourth-order valence-electron chi connectivity index (χ4n) is 3.72. The van der Waals surface area contributed by atoms with Crippen molar-refractivity contribution in [2.75, 3.05) is 26.3 Å². The molecule has 2 fully saturated rings. The quantitative estimate of drug-likeness (QED) is 0.792. The Morgan fingerprint density at radius 1 is 1.40 bits per heavy atom. The van der Waals surface area contributed by atoms with Crippen molar-refractivity contribution in [1.29, 1.82) is 0 Å². The Kier molecular flexibility index (Phi) is 6.12. The molecule has 3 heterocycles. The summed E-state index contributed by atoms with van der Waals surface area (Å²) >= 11 is 0. The van der Waals surface area contributed by atoms with Gasteiger partial charge in [-0.3, -0.25) is 9.48 Å². The third-order valence-corrected chi connectivity index (χ3v) is 5.15. The van der Waals surface area contributed by atoms with Crippen LogP contribution >= 0.6 is 0 Å². The van der Waals surface area contributed by atoms with Crippen LogP contribution in [0.5, 0.6) is 0 Å². The molecule has 0 radical (unpaired) electrons. The smallest absolute Gasteiger partial charge is 0.252 e. The van der Waals surface area contributed by atoms with Crippen LogP contribution in [0.25, 0.3) is 0 Å². The predicted molar refractivity (Wildman–Crippen MR) is 95.4 cm³/mol. The second kappa shape index (κ2) is 8.32. The van der Waals surface area contributed by atoms with Gasteiger partial charge in [-0.1, -0.05) is 13.8 Å². The van der Waals surface area contributed by atoms with Gasteiger partial charge in [0.05, 0.1) is 24.9 Å². The van der Waals surface area contributed by atoms with E-state index >= 15 is 0 Å². The van der Waals surface area contributed by atoms with Crippen LogP contribution in [-0.2, 0) is 14.3 Å². The van der Waals surface area contributed by atoms with Gasteiger partial charge in [0.1, 0.15) is 6.10 Å². The van der Waals surface area contributed by atoms with Gasteiger partial charge in [0, 0.05) is 25.9 Å². The molecule has 0 aromatic carbocycles. The standard InChI is InChI=1S/C19H31N3O3/c1-14(2)18(25-13-17-7-5-9-24-17)19(23)21-8-4-6-16(12-21)22-11-15(3)10-20-22/h10-11,14,16-18H,4-9,12-13H2,1-3H3/t16-,17-,18-/m1/s1. The molecule has 0 spiro atoms. The lowest BCUT2D eigenvalue weighted by Crippen LogP contribution is -2.48. The summed E-state index contributed by atoms with van der Waals surface area (Å²) in [6.45, 7) is 9.00. The Morgan fingerprint density at radius 3 is 2.88 bits per heavy atom. The van der Waals surface area contributed by atoms with Gasteiger partial charge in [0.15, 0.2) is 0 Å². The van der Waals surface area contributed by atoms with Crippen LogP contribution in [0.4, 0.5) is 0 Å². The van der Waals surface area contributed by atoms with Crippen LogP contribution in [-0.4, -0.2) is 59.1 Å². The van der Waals surface area contributed by atoms with Crippen molar-refractivity contribution in [1.82, 2.24) is 14.7 Å². The summed E-state index contributed by atoms with van der Waals surface area (Å²) in [7, 11) is 0. The van der Waals surface area contributed by atoms with E-state index in [0.717, 1.165) is 44.4 Å². The molecule has 2 aliphatic heterocycles. The molecule has 0 N–H and O–H groups in total. The van der Waals surface area contributed by atoms with E-state index in [0.29, 0.717) is 13.2 Å². The number of aryl methyl sites for hydroxylation is 1. The molecule has 2 saturated heterocycles. The summed E-state index contributed by atoms with van der Waals surface area (Å²) in [5, 5.41) is 4.43. The molecule has 3 rings (SSSR count). The number of hydrogen-bond acceptors (Lipinski definition) is 4. The Bertz CT molecular complexity index is 566. The summed E-state index contributed by atoms with van der Waals surface area (Å²) in [5.41, 5.74) is 1.16. The highest BCUT2D eigenvalue weighted by molar-refractivity contribution is 5.81. The number of piperidine rings is 1. The van der Waals surface area contributed by atoms with Crippen LogP contribution in [0.2, 0.25) is 0 Å². The molecule has 0 saturated carbocycles. The highest BCUT2D eigenvalue weighted by atomic mass is 16.5. The van der Waals surface area contributed by atoms with E-state index in [4.69, 9.17) is 9.47 Å². The molecule has 1 aromatic heterocycles. The van der Waals surface area contributed by atoms with E-state index < -0.39 is 0 Å². The van der Waals surface area contributed by atoms with Gasteiger partial charge < -0.3 is 14.4 Å². The maximum Gasteiger partial charge on any atom is 0.252 e. The summed E-state index contributed by atoms with van der Waals surface area (Å²) in [4.78, 5) is 15.0. The third-order valence-electron chi connectivity index (χ3n) is 5.15. The number of ether oxygens (including phenoxy) is 2. The lowest BCUT2D eigenvalue weighted by molar-refractivity contribution is -0.151. The van der Waals surface area contributed by atoms with Gasteiger partial charge in [0.2, 0.25) is 0 Å². The molecule has 0 aliphatic carbocycles. The van der Waals surface area contributed by atoms with E-state index in [9.17, 15) is 4.79 Å². The summed E-state index contributed by atoms with van der Waals surface area (Å²) in [6.07, 6.45) is 7.89. The fourth-order valence-corrected chi connectivity index (χ4v) is 3.72. The zero-order valence-electron chi connectivity index (χ0n) is 15.7. The first kappa shape index (κ1) is 18.4. The van der Waals surface area contributed by atoms with Gasteiger partial charge >= 0.3 is 0 Å². The highest BCUT2D eigenvalue weighted by Gasteiger charge is 2.33. The van der Waals surface area contributed by atoms with Crippen LogP contribution < -0.4 is 0 Å². The largest absolute Gasteiger partial charge is 0.376 e. The van der Waals surface area contributed by atoms with Crippen molar-refractivity contribution in [3.8, 4) is 0 Å². The fraction of sp³-hybridized carbons (Fsp3) is 0.789. The topological polar surface area (TPSA) is 56.6 Å². The van der Waals surface area contributed by atoms with E-state index in [-0.39, 0.29) is 30.1 Å². The molecule has 25 heavy (non-hydrogen) atoms. The van der Waals surface area contributed by atoms with Gasteiger partial charge in [-0.2, -0.15) is 5.10 Å². The Morgan fingerprint density at radius 2 is 2.24 bits per heavy atom. The molecule has 2 aliphatic rings. The minimum atomic E-state index is -0.387. The van der Waals surface area contributed by atoms with Crippen LogP contribution in [0.3, 0.4) is 0 Å². The number of carbonyl (C=O) groups excluding carboxylic acids is 1. The minimum absolute atomic E-state index is 0.113. The SMILES string of the molecule is Cc1cnn([C@@H]2CCCN(C(=O)[C@H](OC[C@H]3CCCO3)C(C)C)C2)c1. The Balaban J connectivity index is 1.60. The van der Waals surface area contributed by atoms with Gasteiger partial charge in [-0.25, -0.2) is 0 Å². The van der Waals surface area contributed by atoms with E-state index in [1.165, 1.54) is 0 Å². The van der Waals surface area contributed by atoms with Gasteiger partial charge in [0.25, 0.3) is 5.91 Å². The Hall–Kier alpha value is -1.40. The lowest BCUT2D eigenvalue weighted by Gasteiger charge is -2.36. The number of rotatable bonds is 6. The number of carbonyl (C=O) groups is 1. The van der Waals surface area contributed by atoms with Crippen LogP contribution in [0.1, 0.15) is 51.1 Å². The molecule has 3 atom stereocenters. The molecule has 140 valence electrons. The average molecular weight is 349 g/mol. The summed E-state index contributed by atoms with van der Waals surface area (Å²) in [5.74, 6) is 0.266. The highest BCUT2D eigenvalue weighted by Crippen LogP contribution is 2.24. The second-order valence-electron chi connectivity index (χ2n) is 7.71. The predicted octanol–water partition coefficient (Wildman–Crippen LogP) is 2.58. The minimum Gasteiger partial charge on any atom is -0.376 e. The van der Waals surface area contributed by atoms with E-state index in [1.54, 1.807) is 0 Å². The maximum atomic E-state index is 13.1. The monoisotopic (exact) mass is 349 g/mol. The first-order chi connectivity index (χ1) is 12.0. The van der Waals surface area contributed by atoms with Crippen molar-refractivity contribution < 1.29 is 14.3 Å². The molecule has 6 nitrogen and oxygen atoms in total. The molecule has 6 heteroatoms. The van der Waals surface area contributed by atoms with Crippen LogP contribution in [0.15, 0.2) is 12.4 Å². The third kappa shape index (κ3) is 4.61. The number of nitrogens with zero attached hydrogens (tertiary/aromatic N) is 3. The zero-order valence-corrected chi connectivity index (χ0v) is 15.7.